The van der Waals surface area contributed by atoms with Crippen LogP contribution in [0.25, 0.3) is 0 Å². The normalized spacial score (nSPS) is 10.1. The molecule has 2 aromatic rings. The number of nitrogens with zero attached hydrogens (tertiary/aromatic N) is 3. The number of ether oxygens (including phenoxy) is 1. The lowest BCUT2D eigenvalue weighted by Crippen LogP contribution is -2.31. The molecule has 0 aliphatic carbocycles. The second kappa shape index (κ2) is 5.96. The van der Waals surface area contributed by atoms with Crippen molar-refractivity contribution in [3.05, 3.63) is 52.2 Å². The van der Waals surface area contributed by atoms with Crippen LogP contribution in [-0.4, -0.2) is 28.1 Å². The average Bonchev–Trinajstić information content (AvgIpc) is 2.44. The number of hydrogen-bond acceptors (Lipinski definition) is 5. The second-order valence-corrected chi connectivity index (χ2v) is 4.14. The zero-order valence-corrected chi connectivity index (χ0v) is 11.2. The fourth-order valence-corrected chi connectivity index (χ4v) is 1.52. The molecule has 0 aliphatic rings. The number of aromatic nitrogens is 3. The van der Waals surface area contributed by atoms with Gasteiger partial charge >= 0.3 is 11.8 Å². The summed E-state index contributed by atoms with van der Waals surface area (Å²) in [4.78, 5) is 34.2. The van der Waals surface area contributed by atoms with Crippen LogP contribution in [0.5, 0.6) is 0 Å². The van der Waals surface area contributed by atoms with Crippen LogP contribution in [0.3, 0.4) is 0 Å². The monoisotopic (exact) mass is 274 g/mol. The van der Waals surface area contributed by atoms with Crippen molar-refractivity contribution in [2.75, 3.05) is 11.9 Å². The summed E-state index contributed by atoms with van der Waals surface area (Å²) >= 11 is 0. The largest absolute Gasteiger partial charge is 0.444 e. The Kier molecular flexibility index (Phi) is 4.09. The van der Waals surface area contributed by atoms with Crippen molar-refractivity contribution in [1.29, 1.82) is 0 Å². The van der Waals surface area contributed by atoms with E-state index >= 15 is 0 Å². The van der Waals surface area contributed by atoms with Gasteiger partial charge in [0, 0.05) is 7.05 Å². The Bertz CT molecular complexity index is 654. The minimum absolute atomic E-state index is 0.00399. The summed E-state index contributed by atoms with van der Waals surface area (Å²) in [5.74, 6) is 0.382. The predicted octanol–water partition coefficient (Wildman–Crippen LogP) is 1.25. The first-order chi connectivity index (χ1) is 9.56. The highest BCUT2D eigenvalue weighted by atomic mass is 16.6. The van der Waals surface area contributed by atoms with Gasteiger partial charge in [0.05, 0.1) is 0 Å². The molecule has 0 saturated carbocycles. The van der Waals surface area contributed by atoms with Crippen LogP contribution >= 0.6 is 0 Å². The number of benzene rings is 1. The van der Waals surface area contributed by atoms with Crippen LogP contribution in [0, 0.1) is 6.92 Å². The SMILES string of the molecule is Cc1nc(N(C)C(=O)OCc2ccccc2)nc(=O)[nH]1. The van der Waals surface area contributed by atoms with Crippen molar-refractivity contribution < 1.29 is 9.53 Å². The second-order valence-electron chi connectivity index (χ2n) is 4.14. The minimum atomic E-state index is -0.626. The summed E-state index contributed by atoms with van der Waals surface area (Å²) in [6.07, 6.45) is -0.626. The van der Waals surface area contributed by atoms with Crippen molar-refractivity contribution in [3.63, 3.8) is 0 Å². The van der Waals surface area contributed by atoms with Gasteiger partial charge in [-0.15, -0.1) is 0 Å². The molecule has 104 valence electrons. The Hall–Kier alpha value is -2.70. The van der Waals surface area contributed by atoms with Crippen LogP contribution in [0.15, 0.2) is 35.1 Å². The Labute approximate surface area is 115 Å². The molecule has 0 spiro atoms. The lowest BCUT2D eigenvalue weighted by atomic mass is 10.2. The lowest BCUT2D eigenvalue weighted by Gasteiger charge is -2.14. The minimum Gasteiger partial charge on any atom is -0.444 e. The third-order valence-corrected chi connectivity index (χ3v) is 2.54. The third-order valence-electron chi connectivity index (χ3n) is 2.54. The maximum atomic E-state index is 11.9. The smallest absolute Gasteiger partial charge is 0.416 e. The topological polar surface area (TPSA) is 88.2 Å². The van der Waals surface area contributed by atoms with E-state index in [2.05, 4.69) is 15.0 Å². The Morgan fingerprint density at radius 3 is 2.65 bits per heavy atom. The number of carbonyl (C=O) groups is 1. The van der Waals surface area contributed by atoms with Gasteiger partial charge in [0.25, 0.3) is 0 Å². The molecule has 0 fully saturated rings. The van der Waals surface area contributed by atoms with Crippen LogP contribution in [0.1, 0.15) is 11.4 Å². The number of anilines is 1. The van der Waals surface area contributed by atoms with Crippen molar-refractivity contribution in [3.8, 4) is 0 Å². The molecule has 1 aromatic heterocycles. The molecular formula is C13H14N4O3. The van der Waals surface area contributed by atoms with E-state index in [1.807, 2.05) is 30.3 Å². The highest BCUT2D eigenvalue weighted by Gasteiger charge is 2.16. The van der Waals surface area contributed by atoms with Crippen molar-refractivity contribution >= 4 is 12.0 Å². The third kappa shape index (κ3) is 3.41. The van der Waals surface area contributed by atoms with Gasteiger partial charge in [0.15, 0.2) is 0 Å². The van der Waals surface area contributed by atoms with Crippen LogP contribution in [-0.2, 0) is 11.3 Å². The van der Waals surface area contributed by atoms with Gasteiger partial charge in [0.1, 0.15) is 12.4 Å². The van der Waals surface area contributed by atoms with E-state index in [1.165, 1.54) is 7.05 Å². The predicted molar refractivity (Wildman–Crippen MR) is 72.4 cm³/mol. The maximum Gasteiger partial charge on any atom is 0.416 e. The molecule has 1 amide bonds. The van der Waals surface area contributed by atoms with Crippen molar-refractivity contribution in [2.45, 2.75) is 13.5 Å². The van der Waals surface area contributed by atoms with Gasteiger partial charge in [0.2, 0.25) is 5.95 Å². The Morgan fingerprint density at radius 2 is 2.00 bits per heavy atom. The quantitative estimate of drug-likeness (QED) is 0.909. The van der Waals surface area contributed by atoms with Crippen LogP contribution in [0.2, 0.25) is 0 Å². The first-order valence-corrected chi connectivity index (χ1v) is 5.95. The van der Waals surface area contributed by atoms with Gasteiger partial charge in [-0.05, 0) is 12.5 Å². The molecule has 0 radical (unpaired) electrons. The molecule has 7 heteroatoms. The highest BCUT2D eigenvalue weighted by Crippen LogP contribution is 2.06. The van der Waals surface area contributed by atoms with Crippen molar-refractivity contribution in [2.24, 2.45) is 0 Å². The summed E-state index contributed by atoms with van der Waals surface area (Å²) in [6.45, 7) is 1.75. The average molecular weight is 274 g/mol. The van der Waals surface area contributed by atoms with E-state index in [0.29, 0.717) is 5.82 Å². The molecule has 0 aliphatic heterocycles. The molecular weight excluding hydrogens is 260 g/mol. The summed E-state index contributed by atoms with van der Waals surface area (Å²) in [5.41, 5.74) is 0.312. The number of carbonyl (C=O) groups excluding carboxylic acids is 1. The number of rotatable bonds is 3. The first-order valence-electron chi connectivity index (χ1n) is 5.95. The molecule has 1 heterocycles. The van der Waals surface area contributed by atoms with Gasteiger partial charge in [-0.25, -0.2) is 14.5 Å². The van der Waals surface area contributed by atoms with Gasteiger partial charge in [-0.2, -0.15) is 9.97 Å². The molecule has 0 atom stereocenters. The lowest BCUT2D eigenvalue weighted by molar-refractivity contribution is 0.148. The van der Waals surface area contributed by atoms with Gasteiger partial charge in [-0.1, -0.05) is 30.3 Å². The maximum absolute atomic E-state index is 11.9. The molecule has 0 unspecified atom stereocenters. The summed E-state index contributed by atoms with van der Waals surface area (Å²) in [5, 5.41) is 0. The van der Waals surface area contributed by atoms with E-state index in [-0.39, 0.29) is 12.6 Å². The number of H-pyrrole nitrogens is 1. The fourth-order valence-electron chi connectivity index (χ4n) is 1.52. The zero-order chi connectivity index (χ0) is 14.5. The molecule has 20 heavy (non-hydrogen) atoms. The summed E-state index contributed by atoms with van der Waals surface area (Å²) in [7, 11) is 1.45. The van der Waals surface area contributed by atoms with Crippen molar-refractivity contribution in [1.82, 2.24) is 15.0 Å². The van der Waals surface area contributed by atoms with E-state index in [4.69, 9.17) is 4.74 Å². The Balaban J connectivity index is 2.03. The molecule has 0 bridgehead atoms. The zero-order valence-electron chi connectivity index (χ0n) is 11.2. The Morgan fingerprint density at radius 1 is 1.30 bits per heavy atom. The standard InChI is InChI=1S/C13H14N4O3/c1-9-14-11(16-12(18)15-9)17(2)13(19)20-8-10-6-4-3-5-7-10/h3-7H,8H2,1-2H3,(H,14,15,16,18). The first kappa shape index (κ1) is 13.7. The van der Waals surface area contributed by atoms with E-state index in [1.54, 1.807) is 6.92 Å². The van der Waals surface area contributed by atoms with Crippen LogP contribution < -0.4 is 10.6 Å². The summed E-state index contributed by atoms with van der Waals surface area (Å²) in [6, 6.07) is 9.29. The van der Waals surface area contributed by atoms with Gasteiger partial charge in [-0.3, -0.25) is 4.98 Å². The molecule has 1 aromatic carbocycles. The van der Waals surface area contributed by atoms with E-state index in [9.17, 15) is 9.59 Å². The van der Waals surface area contributed by atoms with E-state index < -0.39 is 11.8 Å². The van der Waals surface area contributed by atoms with Gasteiger partial charge < -0.3 is 4.74 Å². The molecule has 1 N–H and O–H groups in total. The number of aryl methyl sites for hydroxylation is 1. The van der Waals surface area contributed by atoms with E-state index in [0.717, 1.165) is 10.5 Å². The molecule has 2 rings (SSSR count). The van der Waals surface area contributed by atoms with Crippen LogP contribution in [0.4, 0.5) is 10.7 Å². The summed E-state index contributed by atoms with van der Waals surface area (Å²) < 4.78 is 5.12. The molecule has 7 nitrogen and oxygen atoms in total. The number of hydrogen-bond donors (Lipinski definition) is 1. The number of nitrogens with one attached hydrogen (secondary N) is 1. The molecule has 0 saturated heterocycles. The number of amides is 1. The number of aromatic amines is 1. The fraction of sp³-hybridized carbons (Fsp3) is 0.231. The highest BCUT2D eigenvalue weighted by molar-refractivity contribution is 5.84.